The molecule has 1 fully saturated rings. The Morgan fingerprint density at radius 3 is 2.04 bits per heavy atom. The van der Waals surface area contributed by atoms with Gasteiger partial charge in [-0.25, -0.2) is 9.59 Å². The number of esters is 1. The molecule has 0 aromatic heterocycles. The van der Waals surface area contributed by atoms with E-state index in [-0.39, 0.29) is 24.6 Å². The van der Waals surface area contributed by atoms with Crippen LogP contribution < -0.4 is 20.2 Å². The fourth-order valence-corrected chi connectivity index (χ4v) is 12.1. The summed E-state index contributed by atoms with van der Waals surface area (Å²) >= 11 is 1.44. The molecule has 3 aliphatic heterocycles. The van der Waals surface area contributed by atoms with Gasteiger partial charge in [0.05, 0.1) is 11.3 Å². The van der Waals surface area contributed by atoms with Crippen LogP contribution in [0.5, 0.6) is 0 Å². The number of thioether (sulfide) groups is 1. The van der Waals surface area contributed by atoms with Gasteiger partial charge in [-0.2, -0.15) is 11.8 Å². The average Bonchev–Trinajstić information content (AvgIpc) is 3.50. The van der Waals surface area contributed by atoms with Gasteiger partial charge < -0.3 is 19.4 Å². The first kappa shape index (κ1) is 30.9. The maximum absolute atomic E-state index is 13.4. The number of imide groups is 1. The van der Waals surface area contributed by atoms with Gasteiger partial charge in [0.1, 0.15) is 8.07 Å². The lowest BCUT2D eigenvalue weighted by Gasteiger charge is -2.46. The van der Waals surface area contributed by atoms with Gasteiger partial charge >= 0.3 is 11.9 Å². The van der Waals surface area contributed by atoms with Gasteiger partial charge in [0.25, 0.3) is 11.8 Å². The number of fused-ring (bicyclic) bond motifs is 6. The third-order valence-electron chi connectivity index (χ3n) is 9.14. The van der Waals surface area contributed by atoms with Crippen LogP contribution in [0.1, 0.15) is 46.3 Å². The lowest BCUT2D eigenvalue weighted by molar-refractivity contribution is -0.195. The molecular weight excluding hydrogens is 607 g/mol. The lowest BCUT2D eigenvalue weighted by Crippen LogP contribution is -2.65. The molecule has 0 saturated carbocycles. The molecule has 0 bridgehead atoms. The summed E-state index contributed by atoms with van der Waals surface area (Å²) in [6.45, 7) is 2.39. The van der Waals surface area contributed by atoms with Crippen LogP contribution in [0.3, 0.4) is 0 Å². The van der Waals surface area contributed by atoms with E-state index in [9.17, 15) is 19.2 Å². The Labute approximate surface area is 268 Å². The molecule has 2 amide bonds. The molecule has 6 rings (SSSR count). The molecule has 0 radical (unpaired) electrons. The smallest absolute Gasteiger partial charge is 0.342 e. The van der Waals surface area contributed by atoms with Crippen molar-refractivity contribution in [1.29, 1.82) is 0 Å². The largest absolute Gasteiger partial charge is 0.441 e. The van der Waals surface area contributed by atoms with Crippen molar-refractivity contribution in [3.63, 3.8) is 0 Å². The zero-order valence-corrected chi connectivity index (χ0v) is 28.0. The molecule has 0 unspecified atom stereocenters. The SMILES string of the molecule is CN(C)c1ccc2c(c1)[Si](C)(CCCSCC(=O)ON1C(=O)CCC1=O)c1cc(N(C)C)ccc1C21OC(=O)c2ccccc21. The van der Waals surface area contributed by atoms with E-state index >= 15 is 0 Å². The molecular formula is C34H37N3O6SSi. The second-order valence-electron chi connectivity index (χ2n) is 12.4. The van der Waals surface area contributed by atoms with Gasteiger partial charge in [0.2, 0.25) is 0 Å². The second kappa shape index (κ2) is 11.7. The van der Waals surface area contributed by atoms with Crippen LogP contribution in [0.15, 0.2) is 60.7 Å². The number of hydrogen-bond donors (Lipinski definition) is 0. The van der Waals surface area contributed by atoms with Crippen LogP contribution in [-0.4, -0.2) is 76.6 Å². The van der Waals surface area contributed by atoms with E-state index in [4.69, 9.17) is 9.57 Å². The fourth-order valence-electron chi connectivity index (χ4n) is 6.79. The summed E-state index contributed by atoms with van der Waals surface area (Å²) in [5, 5.41) is 3.07. The second-order valence-corrected chi connectivity index (χ2v) is 17.7. The summed E-state index contributed by atoms with van der Waals surface area (Å²) in [4.78, 5) is 58.6. The maximum Gasteiger partial charge on any atom is 0.342 e. The highest BCUT2D eigenvalue weighted by molar-refractivity contribution is 7.99. The first-order valence-corrected chi connectivity index (χ1v) is 19.0. The normalized spacial score (nSPS) is 21.4. The van der Waals surface area contributed by atoms with Crippen LogP contribution in [0, 0.1) is 0 Å². The molecule has 1 spiro atoms. The third kappa shape index (κ3) is 5.11. The molecule has 3 aromatic rings. The molecule has 1 saturated heterocycles. The van der Waals surface area contributed by atoms with Crippen molar-refractivity contribution in [2.45, 2.75) is 37.5 Å². The number of hydroxylamine groups is 2. The van der Waals surface area contributed by atoms with Crippen molar-refractivity contribution in [2.75, 3.05) is 49.5 Å². The average molecular weight is 644 g/mol. The number of amides is 2. The Bertz CT molecular complexity index is 1650. The predicted octanol–water partition coefficient (Wildman–Crippen LogP) is 3.52. The Balaban J connectivity index is 1.36. The number of benzene rings is 3. The fraction of sp³-hybridized carbons (Fsp3) is 0.353. The highest BCUT2D eigenvalue weighted by Crippen LogP contribution is 2.49. The standard InChI is InChI=1S/C34H37N3O6SSi/c1-35(2)22-11-13-26-28(19-22)45(5,18-8-17-44-21-32(40)43-37-30(38)15-16-31(37)39)29-20-23(36(3)4)12-14-27(29)34(26)25-10-7-6-9-24(25)33(41)42-34/h6-7,9-14,19-20H,8,15-18,21H2,1-5H3. The van der Waals surface area contributed by atoms with Crippen LogP contribution in [0.4, 0.5) is 11.4 Å². The molecule has 0 atom stereocenters. The number of rotatable bonds is 9. The summed E-state index contributed by atoms with van der Waals surface area (Å²) in [5.74, 6) is -1.12. The molecule has 9 nitrogen and oxygen atoms in total. The van der Waals surface area contributed by atoms with E-state index in [0.29, 0.717) is 16.4 Å². The van der Waals surface area contributed by atoms with Gasteiger partial charge in [0, 0.05) is 69.1 Å². The van der Waals surface area contributed by atoms with Crippen molar-refractivity contribution in [1.82, 2.24) is 5.06 Å². The highest BCUT2D eigenvalue weighted by Gasteiger charge is 2.57. The molecule has 3 aromatic carbocycles. The number of carbonyl (C=O) groups is 4. The molecule has 3 aliphatic rings. The molecule has 3 heterocycles. The van der Waals surface area contributed by atoms with Crippen molar-refractivity contribution in [3.05, 3.63) is 82.9 Å². The van der Waals surface area contributed by atoms with E-state index in [0.717, 1.165) is 40.5 Å². The first-order chi connectivity index (χ1) is 21.5. The Morgan fingerprint density at radius 2 is 1.47 bits per heavy atom. The summed E-state index contributed by atoms with van der Waals surface area (Å²) in [6.07, 6.45) is 0.980. The van der Waals surface area contributed by atoms with Gasteiger partial charge in [0.15, 0.2) is 5.60 Å². The van der Waals surface area contributed by atoms with E-state index in [1.807, 2.05) is 52.5 Å². The zero-order chi connectivity index (χ0) is 32.1. The van der Waals surface area contributed by atoms with Crippen LogP contribution in [0.2, 0.25) is 12.6 Å². The number of hydrogen-bond acceptors (Lipinski definition) is 9. The van der Waals surface area contributed by atoms with Crippen LogP contribution in [-0.2, 0) is 29.6 Å². The molecule has 0 aliphatic carbocycles. The molecule has 11 heteroatoms. The van der Waals surface area contributed by atoms with E-state index in [2.05, 4.69) is 52.7 Å². The minimum atomic E-state index is -2.47. The van der Waals surface area contributed by atoms with Gasteiger partial charge in [-0.1, -0.05) is 36.9 Å². The number of carbonyl (C=O) groups excluding carboxylic acids is 4. The van der Waals surface area contributed by atoms with Crippen molar-refractivity contribution < 1.29 is 28.8 Å². The van der Waals surface area contributed by atoms with Gasteiger partial charge in [-0.15, -0.1) is 5.06 Å². The van der Waals surface area contributed by atoms with E-state index < -0.39 is 31.5 Å². The molecule has 45 heavy (non-hydrogen) atoms. The number of ether oxygens (including phenoxy) is 1. The Hall–Kier alpha value is -4.09. The molecule has 234 valence electrons. The van der Waals surface area contributed by atoms with Crippen molar-refractivity contribution in [2.24, 2.45) is 0 Å². The maximum atomic E-state index is 13.4. The van der Waals surface area contributed by atoms with E-state index in [1.165, 1.54) is 22.1 Å². The van der Waals surface area contributed by atoms with Crippen LogP contribution in [0.25, 0.3) is 0 Å². The van der Waals surface area contributed by atoms with Crippen molar-refractivity contribution in [3.8, 4) is 0 Å². The minimum absolute atomic E-state index is 0.0495. The summed E-state index contributed by atoms with van der Waals surface area (Å²) < 4.78 is 6.49. The minimum Gasteiger partial charge on any atom is -0.441 e. The Morgan fingerprint density at radius 1 is 0.889 bits per heavy atom. The quantitative estimate of drug-likeness (QED) is 0.150. The van der Waals surface area contributed by atoms with Crippen LogP contribution >= 0.6 is 11.8 Å². The van der Waals surface area contributed by atoms with Crippen molar-refractivity contribution >= 4 is 65.3 Å². The lowest BCUT2D eigenvalue weighted by atomic mass is 9.79. The predicted molar refractivity (Wildman–Crippen MR) is 178 cm³/mol. The van der Waals surface area contributed by atoms with Gasteiger partial charge in [-0.3, -0.25) is 9.59 Å². The monoisotopic (exact) mass is 643 g/mol. The third-order valence-corrected chi connectivity index (χ3v) is 14.7. The highest BCUT2D eigenvalue weighted by atomic mass is 32.2. The summed E-state index contributed by atoms with van der Waals surface area (Å²) in [7, 11) is 5.65. The number of anilines is 2. The summed E-state index contributed by atoms with van der Waals surface area (Å²) in [6, 6.07) is 21.6. The molecule has 0 N–H and O–H groups in total. The first-order valence-electron chi connectivity index (χ1n) is 15.1. The van der Waals surface area contributed by atoms with E-state index in [1.54, 1.807) is 0 Å². The van der Waals surface area contributed by atoms with Gasteiger partial charge in [-0.05, 0) is 58.9 Å². The Kier molecular flexibility index (Phi) is 8.03. The topological polar surface area (TPSA) is 96.5 Å². The summed E-state index contributed by atoms with van der Waals surface area (Å²) in [5.41, 5.74) is 4.61. The zero-order valence-electron chi connectivity index (χ0n) is 26.2. The number of nitrogens with zero attached hydrogens (tertiary/aromatic N) is 3.